The van der Waals surface area contributed by atoms with Gasteiger partial charge in [-0.15, -0.1) is 0 Å². The normalized spacial score (nSPS) is 13.3. The molecule has 1 aliphatic heterocycles. The molecule has 0 atom stereocenters. The van der Waals surface area contributed by atoms with Gasteiger partial charge in [-0.25, -0.2) is 18.0 Å². The number of hydrogen-bond donors (Lipinski definition) is 0. The molecule has 12 heteroatoms. The van der Waals surface area contributed by atoms with Gasteiger partial charge >= 0.3 is 5.97 Å². The maximum absolute atomic E-state index is 13.7. The van der Waals surface area contributed by atoms with Crippen molar-refractivity contribution in [1.29, 1.82) is 0 Å². The van der Waals surface area contributed by atoms with E-state index in [0.717, 1.165) is 0 Å². The third kappa shape index (κ3) is 4.84. The van der Waals surface area contributed by atoms with E-state index in [2.05, 4.69) is 4.74 Å². The molecule has 0 bridgehead atoms. The molecule has 0 aromatic heterocycles. The number of fused-ring (bicyclic) bond motifs is 1. The van der Waals surface area contributed by atoms with Crippen LogP contribution < -0.4 is 23.7 Å². The van der Waals surface area contributed by atoms with E-state index in [-0.39, 0.29) is 22.8 Å². The van der Waals surface area contributed by atoms with E-state index < -0.39 is 53.2 Å². The lowest BCUT2D eigenvalue weighted by Crippen LogP contribution is -2.19. The van der Waals surface area contributed by atoms with Crippen molar-refractivity contribution in [2.24, 2.45) is 0 Å². The van der Waals surface area contributed by atoms with Crippen LogP contribution in [0, 0.1) is 36.0 Å². The first-order valence-corrected chi connectivity index (χ1v) is 10.7. The van der Waals surface area contributed by atoms with Crippen LogP contribution in [-0.4, -0.2) is 32.6 Å². The Bertz CT molecular complexity index is 1470. The molecule has 4 rings (SSSR count). The van der Waals surface area contributed by atoms with Crippen LogP contribution in [0.1, 0.15) is 21.5 Å². The summed E-state index contributed by atoms with van der Waals surface area (Å²) in [4.78, 5) is 25.1. The Morgan fingerprint density at radius 3 is 2.18 bits per heavy atom. The molecule has 0 saturated carbocycles. The minimum Gasteiger partial charge on any atom is -0.497 e. The number of carbonyl (C=O) groups excluding carboxylic acids is 2. The molecule has 3 aromatic carbocycles. The highest BCUT2D eigenvalue weighted by atomic mass is 19.2. The Morgan fingerprint density at radius 2 is 1.55 bits per heavy atom. The van der Waals surface area contributed by atoms with Gasteiger partial charge in [-0.2, -0.15) is 8.78 Å². The minimum absolute atomic E-state index is 0.0484. The molecular weight excluding hydrogens is 519 g/mol. The number of halogens is 5. The van der Waals surface area contributed by atoms with Gasteiger partial charge < -0.3 is 23.7 Å². The topological polar surface area (TPSA) is 80.3 Å². The molecule has 1 aliphatic rings. The predicted molar refractivity (Wildman–Crippen MR) is 121 cm³/mol. The van der Waals surface area contributed by atoms with E-state index in [1.807, 2.05) is 0 Å². The highest BCUT2D eigenvalue weighted by Gasteiger charge is 2.31. The summed E-state index contributed by atoms with van der Waals surface area (Å²) in [5, 5.41) is 0. The average Bonchev–Trinajstić information content (AvgIpc) is 3.21. The summed E-state index contributed by atoms with van der Waals surface area (Å²) in [6.45, 7) is 0.368. The van der Waals surface area contributed by atoms with E-state index in [1.54, 1.807) is 25.1 Å². The molecule has 0 saturated heterocycles. The van der Waals surface area contributed by atoms with Crippen LogP contribution in [0.3, 0.4) is 0 Å². The Balaban J connectivity index is 1.53. The minimum atomic E-state index is -2.36. The fourth-order valence-corrected chi connectivity index (χ4v) is 3.63. The molecule has 1 heterocycles. The Kier molecular flexibility index (Phi) is 7.24. The van der Waals surface area contributed by atoms with Crippen LogP contribution in [-0.2, 0) is 4.79 Å². The standard InChI is InChI=1S/C26H17F5O7/c1-11-6-14(37-18(32)10-36-26-23(30)21(28)20(27)22(29)24(26)31)9-16-19(11)25(33)17(38-16)8-12-7-13(34-2)4-5-15(12)35-3/h4-9H,10H2,1-3H3/b17-8-. The SMILES string of the molecule is COc1ccc(OC)c(/C=C2\Oc3cc(OC(=O)COc4c(F)c(F)c(F)c(F)c4F)cc(C)c3C2=O)c1. The Labute approximate surface area is 211 Å². The van der Waals surface area contributed by atoms with E-state index in [1.165, 1.54) is 32.4 Å². The maximum Gasteiger partial charge on any atom is 0.349 e. The molecule has 3 aromatic rings. The molecule has 38 heavy (non-hydrogen) atoms. The molecule has 0 fully saturated rings. The molecular formula is C26H17F5O7. The molecule has 0 unspecified atom stereocenters. The van der Waals surface area contributed by atoms with Crippen LogP contribution in [0.15, 0.2) is 36.1 Å². The molecule has 0 N–H and O–H groups in total. The van der Waals surface area contributed by atoms with Gasteiger partial charge in [-0.3, -0.25) is 4.79 Å². The van der Waals surface area contributed by atoms with E-state index >= 15 is 0 Å². The van der Waals surface area contributed by atoms with Gasteiger partial charge in [0, 0.05) is 11.6 Å². The monoisotopic (exact) mass is 536 g/mol. The van der Waals surface area contributed by atoms with Crippen LogP contribution in [0.2, 0.25) is 0 Å². The average molecular weight is 536 g/mol. The van der Waals surface area contributed by atoms with Crippen LogP contribution in [0.5, 0.6) is 28.7 Å². The number of aryl methyl sites for hydroxylation is 1. The van der Waals surface area contributed by atoms with Crippen LogP contribution in [0.4, 0.5) is 22.0 Å². The first-order chi connectivity index (χ1) is 18.0. The lowest BCUT2D eigenvalue weighted by Gasteiger charge is -2.11. The number of ether oxygens (including phenoxy) is 5. The second-order valence-corrected chi connectivity index (χ2v) is 7.82. The van der Waals surface area contributed by atoms with Crippen molar-refractivity contribution in [2.45, 2.75) is 6.92 Å². The van der Waals surface area contributed by atoms with Crippen molar-refractivity contribution >= 4 is 17.8 Å². The molecule has 0 aliphatic carbocycles. The van der Waals surface area contributed by atoms with Crippen LogP contribution >= 0.6 is 0 Å². The first-order valence-electron chi connectivity index (χ1n) is 10.7. The van der Waals surface area contributed by atoms with E-state index in [0.29, 0.717) is 22.6 Å². The van der Waals surface area contributed by atoms with Crippen molar-refractivity contribution in [3.63, 3.8) is 0 Å². The number of rotatable bonds is 7. The van der Waals surface area contributed by atoms with E-state index in [9.17, 15) is 31.5 Å². The molecule has 0 spiro atoms. The van der Waals surface area contributed by atoms with Crippen molar-refractivity contribution < 1.29 is 55.2 Å². The second-order valence-electron chi connectivity index (χ2n) is 7.82. The summed E-state index contributed by atoms with van der Waals surface area (Å²) in [6, 6.07) is 7.50. The number of hydrogen-bond acceptors (Lipinski definition) is 7. The van der Waals surface area contributed by atoms with Gasteiger partial charge in [0.15, 0.2) is 18.1 Å². The van der Waals surface area contributed by atoms with Gasteiger partial charge in [-0.1, -0.05) is 0 Å². The Morgan fingerprint density at radius 1 is 0.895 bits per heavy atom. The molecule has 7 nitrogen and oxygen atoms in total. The quantitative estimate of drug-likeness (QED) is 0.101. The fourth-order valence-electron chi connectivity index (χ4n) is 3.63. The van der Waals surface area contributed by atoms with Crippen molar-refractivity contribution in [2.75, 3.05) is 20.8 Å². The first kappa shape index (κ1) is 26.5. The smallest absolute Gasteiger partial charge is 0.349 e. The van der Waals surface area contributed by atoms with Crippen molar-refractivity contribution in [1.82, 2.24) is 0 Å². The number of carbonyl (C=O) groups is 2. The van der Waals surface area contributed by atoms with Gasteiger partial charge in [0.1, 0.15) is 23.0 Å². The van der Waals surface area contributed by atoms with Crippen LogP contribution in [0.25, 0.3) is 6.08 Å². The number of ketones is 1. The largest absolute Gasteiger partial charge is 0.497 e. The second kappa shape index (κ2) is 10.4. The summed E-state index contributed by atoms with van der Waals surface area (Å²) < 4.78 is 92.9. The molecule has 198 valence electrons. The molecule has 0 amide bonds. The number of benzene rings is 3. The number of Topliss-reactive ketones (excluding diaryl/α,β-unsaturated/α-hetero) is 1. The van der Waals surface area contributed by atoms with Gasteiger partial charge in [0.25, 0.3) is 0 Å². The third-order valence-corrected chi connectivity index (χ3v) is 5.40. The van der Waals surface area contributed by atoms with Crippen molar-refractivity contribution in [3.8, 4) is 28.7 Å². The third-order valence-electron chi connectivity index (χ3n) is 5.40. The highest BCUT2D eigenvalue weighted by Crippen LogP contribution is 2.38. The number of methoxy groups -OCH3 is 2. The number of allylic oxidation sites excluding steroid dienone is 1. The van der Waals surface area contributed by atoms with Gasteiger partial charge in [0.2, 0.25) is 34.9 Å². The Hall–Kier alpha value is -4.61. The maximum atomic E-state index is 13.7. The van der Waals surface area contributed by atoms with Crippen molar-refractivity contribution in [3.05, 3.63) is 81.9 Å². The molecule has 0 radical (unpaired) electrons. The summed E-state index contributed by atoms with van der Waals surface area (Å²) in [5.74, 6) is -13.7. The van der Waals surface area contributed by atoms with E-state index in [4.69, 9.17) is 18.9 Å². The lowest BCUT2D eigenvalue weighted by atomic mass is 10.0. The van der Waals surface area contributed by atoms with Gasteiger partial charge in [0.05, 0.1) is 19.8 Å². The zero-order chi connectivity index (χ0) is 27.7. The summed E-state index contributed by atoms with van der Waals surface area (Å²) in [6.07, 6.45) is 1.45. The predicted octanol–water partition coefficient (Wildman–Crippen LogP) is 5.31. The zero-order valence-electron chi connectivity index (χ0n) is 19.9. The fraction of sp³-hybridized carbons (Fsp3) is 0.154. The number of esters is 1. The summed E-state index contributed by atoms with van der Waals surface area (Å²) >= 11 is 0. The van der Waals surface area contributed by atoms with Gasteiger partial charge in [-0.05, 0) is 42.8 Å². The zero-order valence-corrected chi connectivity index (χ0v) is 19.9. The summed E-state index contributed by atoms with van der Waals surface area (Å²) in [7, 11) is 2.93. The highest BCUT2D eigenvalue weighted by molar-refractivity contribution is 6.15. The summed E-state index contributed by atoms with van der Waals surface area (Å²) in [5.41, 5.74) is 1.07. The lowest BCUT2D eigenvalue weighted by molar-refractivity contribution is -0.136.